The van der Waals surface area contributed by atoms with Crippen LogP contribution in [0.5, 0.6) is 0 Å². The predicted molar refractivity (Wildman–Crippen MR) is 161 cm³/mol. The highest BCUT2D eigenvalue weighted by Crippen LogP contribution is 2.32. The van der Waals surface area contributed by atoms with Gasteiger partial charge >= 0.3 is 0 Å². The van der Waals surface area contributed by atoms with Crippen molar-refractivity contribution in [1.29, 1.82) is 0 Å². The molecule has 0 N–H and O–H groups in total. The Labute approximate surface area is 219 Å². The summed E-state index contributed by atoms with van der Waals surface area (Å²) in [5.74, 6) is 0. The van der Waals surface area contributed by atoms with Gasteiger partial charge < -0.3 is 4.57 Å². The van der Waals surface area contributed by atoms with E-state index in [1.807, 2.05) is 19.1 Å². The summed E-state index contributed by atoms with van der Waals surface area (Å²) in [6, 6.07) is 36.7. The van der Waals surface area contributed by atoms with E-state index >= 15 is 0 Å². The molecule has 0 amide bonds. The third-order valence-corrected chi connectivity index (χ3v) is 6.60. The highest BCUT2D eigenvalue weighted by molar-refractivity contribution is 6.09. The molecule has 0 aliphatic heterocycles. The maximum absolute atomic E-state index is 3.87. The Kier molecular flexibility index (Phi) is 7.43. The minimum atomic E-state index is 0.838. The number of allylic oxidation sites excluding steroid dienone is 9. The van der Waals surface area contributed by atoms with Crippen LogP contribution in [0.3, 0.4) is 0 Å². The van der Waals surface area contributed by atoms with Crippen LogP contribution in [0.25, 0.3) is 33.1 Å². The zero-order valence-electron chi connectivity index (χ0n) is 21.2. The van der Waals surface area contributed by atoms with E-state index in [9.17, 15) is 0 Å². The van der Waals surface area contributed by atoms with E-state index in [0.717, 1.165) is 6.42 Å². The van der Waals surface area contributed by atoms with Gasteiger partial charge in [0.2, 0.25) is 0 Å². The van der Waals surface area contributed by atoms with E-state index in [1.165, 1.54) is 49.8 Å². The molecule has 5 aromatic rings. The fourth-order valence-electron chi connectivity index (χ4n) is 4.82. The largest absolute Gasteiger partial charge is 0.309 e. The molecule has 0 bridgehead atoms. The molecule has 0 spiro atoms. The number of fused-ring (bicyclic) bond motifs is 3. The van der Waals surface area contributed by atoms with Crippen molar-refractivity contribution < 1.29 is 0 Å². The van der Waals surface area contributed by atoms with Crippen LogP contribution in [-0.4, -0.2) is 4.57 Å². The van der Waals surface area contributed by atoms with Crippen LogP contribution in [0.4, 0.5) is 0 Å². The average molecular weight is 478 g/mol. The Morgan fingerprint density at radius 3 is 1.97 bits per heavy atom. The molecule has 0 unspecified atom stereocenters. The first kappa shape index (κ1) is 24.1. The zero-order valence-corrected chi connectivity index (χ0v) is 21.2. The van der Waals surface area contributed by atoms with E-state index in [-0.39, 0.29) is 0 Å². The molecule has 1 nitrogen and oxygen atoms in total. The third kappa shape index (κ3) is 5.17. The van der Waals surface area contributed by atoms with Gasteiger partial charge in [-0.05, 0) is 59.9 Å². The zero-order chi connectivity index (χ0) is 25.5. The Hall–Kier alpha value is -4.62. The Bertz CT molecular complexity index is 1580. The molecule has 0 saturated carbocycles. The maximum atomic E-state index is 3.87. The third-order valence-electron chi connectivity index (χ3n) is 6.60. The molecular formula is C36H31N. The molecule has 5 rings (SSSR count). The summed E-state index contributed by atoms with van der Waals surface area (Å²) in [4.78, 5) is 0. The van der Waals surface area contributed by atoms with Gasteiger partial charge in [-0.1, -0.05) is 128 Å². The molecule has 0 radical (unpaired) electrons. The number of benzene rings is 4. The van der Waals surface area contributed by atoms with Crippen LogP contribution < -0.4 is 0 Å². The van der Waals surface area contributed by atoms with Crippen molar-refractivity contribution in [2.75, 3.05) is 0 Å². The molecule has 1 heterocycles. The van der Waals surface area contributed by atoms with Crippen molar-refractivity contribution in [3.05, 3.63) is 169 Å². The monoisotopic (exact) mass is 477 g/mol. The summed E-state index contributed by atoms with van der Waals surface area (Å²) in [5.41, 5.74) is 8.48. The Morgan fingerprint density at radius 2 is 1.35 bits per heavy atom. The van der Waals surface area contributed by atoms with Crippen LogP contribution in [0.15, 0.2) is 158 Å². The van der Waals surface area contributed by atoms with Gasteiger partial charge in [-0.3, -0.25) is 0 Å². The van der Waals surface area contributed by atoms with Gasteiger partial charge in [0.05, 0.1) is 11.0 Å². The average Bonchev–Trinajstić information content (AvgIpc) is 3.29. The van der Waals surface area contributed by atoms with Crippen LogP contribution in [0.2, 0.25) is 0 Å². The number of hydrogen-bond acceptors (Lipinski definition) is 0. The summed E-state index contributed by atoms with van der Waals surface area (Å²) < 4.78 is 2.36. The van der Waals surface area contributed by atoms with Gasteiger partial charge in [0.15, 0.2) is 0 Å². The number of nitrogens with zero attached hydrogens (tertiary/aromatic N) is 1. The van der Waals surface area contributed by atoms with Crippen molar-refractivity contribution >= 4 is 27.4 Å². The van der Waals surface area contributed by atoms with Crippen molar-refractivity contribution in [2.45, 2.75) is 13.3 Å². The smallest absolute Gasteiger partial charge is 0.0541 e. The lowest BCUT2D eigenvalue weighted by Gasteiger charge is -2.11. The SMILES string of the molecule is C=C\C=C/C(=C/Cc1ccc(-n2c3ccccc3c3ccccc32)cc1)C(=C/C=C\C)/c1ccccc1. The summed E-state index contributed by atoms with van der Waals surface area (Å²) in [5, 5.41) is 2.57. The molecule has 0 fully saturated rings. The molecule has 0 saturated heterocycles. The lowest BCUT2D eigenvalue weighted by atomic mass is 9.95. The van der Waals surface area contributed by atoms with Crippen LogP contribution >= 0.6 is 0 Å². The number of aromatic nitrogens is 1. The number of hydrogen-bond donors (Lipinski definition) is 0. The molecular weight excluding hydrogens is 446 g/mol. The van der Waals surface area contributed by atoms with Crippen LogP contribution in [0, 0.1) is 0 Å². The van der Waals surface area contributed by atoms with Crippen LogP contribution in [-0.2, 0) is 6.42 Å². The second-order valence-electron chi connectivity index (χ2n) is 8.97. The normalized spacial score (nSPS) is 12.8. The fourth-order valence-corrected chi connectivity index (χ4v) is 4.82. The molecule has 0 aliphatic rings. The van der Waals surface area contributed by atoms with Crippen molar-refractivity contribution in [3.8, 4) is 5.69 Å². The van der Waals surface area contributed by atoms with Crippen LogP contribution in [0.1, 0.15) is 18.1 Å². The topological polar surface area (TPSA) is 4.93 Å². The Morgan fingerprint density at radius 1 is 0.730 bits per heavy atom. The lowest BCUT2D eigenvalue weighted by molar-refractivity contribution is 1.16. The molecule has 37 heavy (non-hydrogen) atoms. The van der Waals surface area contributed by atoms with Gasteiger partial charge in [-0.25, -0.2) is 0 Å². The molecule has 0 atom stereocenters. The second-order valence-corrected chi connectivity index (χ2v) is 8.97. The van der Waals surface area contributed by atoms with Gasteiger partial charge in [0.25, 0.3) is 0 Å². The minimum Gasteiger partial charge on any atom is -0.309 e. The standard InChI is InChI=1S/C36H31N/c1-3-5-14-30(32(17-6-4-2)29-15-8-7-9-16-29)25-22-28-23-26-31(27-24-28)37-35-20-12-10-18-33(35)34-19-11-13-21-36(34)37/h3-21,23-27H,1,22H2,2H3/b6-4-,14-5-,30-25-,32-17+. The fraction of sp³-hybridized carbons (Fsp3) is 0.0556. The predicted octanol–water partition coefficient (Wildman–Crippen LogP) is 9.65. The first-order valence-electron chi connectivity index (χ1n) is 12.8. The van der Waals surface area contributed by atoms with Gasteiger partial charge in [-0.2, -0.15) is 0 Å². The maximum Gasteiger partial charge on any atom is 0.0541 e. The summed E-state index contributed by atoms with van der Waals surface area (Å²) >= 11 is 0. The van der Waals surface area contributed by atoms with E-state index in [1.54, 1.807) is 0 Å². The van der Waals surface area contributed by atoms with Gasteiger partial charge in [0, 0.05) is 16.5 Å². The van der Waals surface area contributed by atoms with E-state index in [2.05, 4.69) is 145 Å². The first-order valence-corrected chi connectivity index (χ1v) is 12.8. The molecule has 1 heteroatoms. The highest BCUT2D eigenvalue weighted by Gasteiger charge is 2.11. The van der Waals surface area contributed by atoms with E-state index in [4.69, 9.17) is 0 Å². The van der Waals surface area contributed by atoms with Crippen molar-refractivity contribution in [2.24, 2.45) is 0 Å². The van der Waals surface area contributed by atoms with E-state index < -0.39 is 0 Å². The lowest BCUT2D eigenvalue weighted by Crippen LogP contribution is -1.94. The van der Waals surface area contributed by atoms with Gasteiger partial charge in [0.1, 0.15) is 0 Å². The summed E-state index contributed by atoms with van der Waals surface area (Å²) in [7, 11) is 0. The van der Waals surface area contributed by atoms with Gasteiger partial charge in [-0.15, -0.1) is 0 Å². The molecule has 180 valence electrons. The molecule has 4 aromatic carbocycles. The second kappa shape index (κ2) is 11.4. The molecule has 1 aromatic heterocycles. The highest BCUT2D eigenvalue weighted by atomic mass is 15.0. The Balaban J connectivity index is 1.49. The minimum absolute atomic E-state index is 0.838. The molecule has 0 aliphatic carbocycles. The van der Waals surface area contributed by atoms with Crippen molar-refractivity contribution in [3.63, 3.8) is 0 Å². The number of rotatable bonds is 8. The van der Waals surface area contributed by atoms with Crippen molar-refractivity contribution in [1.82, 2.24) is 4.57 Å². The van der Waals surface area contributed by atoms with E-state index in [0.29, 0.717) is 0 Å². The number of para-hydroxylation sites is 2. The summed E-state index contributed by atoms with van der Waals surface area (Å²) in [6.07, 6.45) is 15.4. The summed E-state index contributed by atoms with van der Waals surface area (Å²) in [6.45, 7) is 5.92. The first-order chi connectivity index (χ1) is 18.3. The quantitative estimate of drug-likeness (QED) is 0.196.